The number of carboxylic acid groups (broad SMARTS) is 1. The minimum absolute atomic E-state index is 0.228. The summed E-state index contributed by atoms with van der Waals surface area (Å²) >= 11 is 0. The largest absolute Gasteiger partial charge is 0.478 e. The van der Waals surface area contributed by atoms with Crippen LogP contribution in [0.3, 0.4) is 0 Å². The molecule has 7 nitrogen and oxygen atoms in total. The van der Waals surface area contributed by atoms with Crippen LogP contribution >= 0.6 is 0 Å². The van der Waals surface area contributed by atoms with Crippen LogP contribution in [-0.2, 0) is 6.54 Å². The molecule has 1 aromatic heterocycles. The molecule has 0 saturated carbocycles. The number of hydrogen-bond acceptors (Lipinski definition) is 5. The summed E-state index contributed by atoms with van der Waals surface area (Å²) in [4.78, 5) is 24.1. The molecule has 0 aliphatic heterocycles. The van der Waals surface area contributed by atoms with Crippen molar-refractivity contribution in [3.63, 3.8) is 0 Å². The van der Waals surface area contributed by atoms with Gasteiger partial charge in [-0.05, 0) is 17.7 Å². The minimum atomic E-state index is -0.965. The van der Waals surface area contributed by atoms with Crippen molar-refractivity contribution < 1.29 is 9.90 Å². The van der Waals surface area contributed by atoms with Gasteiger partial charge in [-0.2, -0.15) is 0 Å². The predicted molar refractivity (Wildman–Crippen MR) is 63.4 cm³/mol. The molecule has 0 bridgehead atoms. The Kier molecular flexibility index (Phi) is 3.33. The predicted octanol–water partition coefficient (Wildman–Crippen LogP) is 0.475. The smallest absolute Gasteiger partial charge is 0.335 e. The average molecular weight is 246 g/mol. The summed E-state index contributed by atoms with van der Waals surface area (Å²) in [5, 5.41) is 18.8. The lowest BCUT2D eigenvalue weighted by Gasteiger charge is -2.04. The topological polar surface area (TPSA) is 108 Å². The zero-order valence-electron chi connectivity index (χ0n) is 9.25. The van der Waals surface area contributed by atoms with Crippen molar-refractivity contribution in [3.8, 4) is 0 Å². The summed E-state index contributed by atoms with van der Waals surface area (Å²) in [7, 11) is 0. The first-order valence-electron chi connectivity index (χ1n) is 5.13. The first-order valence-corrected chi connectivity index (χ1v) is 5.13. The molecule has 0 radical (unpaired) electrons. The van der Waals surface area contributed by atoms with E-state index in [1.807, 2.05) is 0 Å². The van der Waals surface area contributed by atoms with Gasteiger partial charge in [-0.15, -0.1) is 10.2 Å². The van der Waals surface area contributed by atoms with E-state index in [1.165, 1.54) is 12.1 Å². The summed E-state index contributed by atoms with van der Waals surface area (Å²) < 4.78 is 0. The molecule has 0 fully saturated rings. The van der Waals surface area contributed by atoms with Crippen molar-refractivity contribution in [3.05, 3.63) is 51.9 Å². The fraction of sp³-hybridized carbons (Fsp3) is 0.0909. The molecule has 0 saturated heterocycles. The number of nitrogens with zero attached hydrogens (tertiary/aromatic N) is 2. The molecule has 2 rings (SSSR count). The fourth-order valence-corrected chi connectivity index (χ4v) is 1.34. The zero-order chi connectivity index (χ0) is 13.0. The van der Waals surface area contributed by atoms with E-state index in [0.717, 1.165) is 11.8 Å². The molecule has 3 N–H and O–H groups in total. The van der Waals surface area contributed by atoms with Crippen LogP contribution in [0.15, 0.2) is 35.3 Å². The van der Waals surface area contributed by atoms with Gasteiger partial charge in [0.15, 0.2) is 0 Å². The van der Waals surface area contributed by atoms with Crippen LogP contribution in [0.2, 0.25) is 0 Å². The van der Waals surface area contributed by atoms with E-state index in [1.54, 1.807) is 12.1 Å². The van der Waals surface area contributed by atoms with Crippen molar-refractivity contribution in [2.24, 2.45) is 0 Å². The second kappa shape index (κ2) is 5.09. The first-order chi connectivity index (χ1) is 8.65. The van der Waals surface area contributed by atoms with Crippen LogP contribution in [-0.4, -0.2) is 26.3 Å². The van der Waals surface area contributed by atoms with E-state index in [-0.39, 0.29) is 17.1 Å². The van der Waals surface area contributed by atoms with Crippen molar-refractivity contribution >= 4 is 11.9 Å². The van der Waals surface area contributed by atoms with E-state index in [9.17, 15) is 9.59 Å². The van der Waals surface area contributed by atoms with Crippen LogP contribution in [0.25, 0.3) is 0 Å². The maximum absolute atomic E-state index is 11.0. The van der Waals surface area contributed by atoms with Gasteiger partial charge >= 0.3 is 5.97 Å². The van der Waals surface area contributed by atoms with Crippen LogP contribution in [0.1, 0.15) is 15.9 Å². The molecule has 0 amide bonds. The number of carboxylic acids is 1. The lowest BCUT2D eigenvalue weighted by molar-refractivity contribution is 0.0697. The van der Waals surface area contributed by atoms with Gasteiger partial charge in [-0.25, -0.2) is 4.79 Å². The van der Waals surface area contributed by atoms with Crippen molar-refractivity contribution in [1.82, 2.24) is 15.2 Å². The second-order valence-corrected chi connectivity index (χ2v) is 3.54. The SMILES string of the molecule is O=C(O)c1ccc(CNc2nncc(=O)[nH]2)cc1. The Hall–Kier alpha value is -2.70. The number of anilines is 1. The third kappa shape index (κ3) is 2.91. The number of benzene rings is 1. The molecule has 0 atom stereocenters. The molecule has 0 unspecified atom stereocenters. The Morgan fingerprint density at radius 1 is 1.33 bits per heavy atom. The quantitative estimate of drug-likeness (QED) is 0.724. The van der Waals surface area contributed by atoms with E-state index in [0.29, 0.717) is 6.54 Å². The van der Waals surface area contributed by atoms with Crippen LogP contribution in [0, 0.1) is 0 Å². The van der Waals surface area contributed by atoms with Gasteiger partial charge in [-0.3, -0.25) is 9.78 Å². The number of nitrogens with one attached hydrogen (secondary N) is 2. The normalized spacial score (nSPS) is 10.0. The Morgan fingerprint density at radius 2 is 2.06 bits per heavy atom. The van der Waals surface area contributed by atoms with Crippen molar-refractivity contribution in [2.45, 2.75) is 6.54 Å². The van der Waals surface area contributed by atoms with Gasteiger partial charge < -0.3 is 10.4 Å². The first kappa shape index (κ1) is 11.8. The number of hydrogen-bond donors (Lipinski definition) is 3. The van der Waals surface area contributed by atoms with Crippen LogP contribution < -0.4 is 10.9 Å². The molecule has 1 heterocycles. The van der Waals surface area contributed by atoms with E-state index < -0.39 is 5.97 Å². The van der Waals surface area contributed by atoms with Gasteiger partial charge in [0.25, 0.3) is 5.56 Å². The number of aromatic carboxylic acids is 1. The maximum Gasteiger partial charge on any atom is 0.335 e. The summed E-state index contributed by atoms with van der Waals surface area (Å²) in [5.41, 5.74) is 0.756. The van der Waals surface area contributed by atoms with Gasteiger partial charge in [0.05, 0.1) is 5.56 Å². The molecule has 2 aromatic rings. The minimum Gasteiger partial charge on any atom is -0.478 e. The summed E-state index contributed by atoms with van der Waals surface area (Å²) in [5.74, 6) is -0.697. The summed E-state index contributed by atoms with van der Waals surface area (Å²) in [6, 6.07) is 6.40. The van der Waals surface area contributed by atoms with E-state index >= 15 is 0 Å². The van der Waals surface area contributed by atoms with Gasteiger partial charge in [0.1, 0.15) is 6.20 Å². The highest BCUT2D eigenvalue weighted by Gasteiger charge is 2.02. The lowest BCUT2D eigenvalue weighted by Crippen LogP contribution is -2.12. The van der Waals surface area contributed by atoms with Gasteiger partial charge in [0, 0.05) is 6.54 Å². The van der Waals surface area contributed by atoms with Gasteiger partial charge in [0.2, 0.25) is 5.95 Å². The molecule has 0 aliphatic rings. The number of carbonyl (C=O) groups is 1. The molecule has 92 valence electrons. The highest BCUT2D eigenvalue weighted by atomic mass is 16.4. The van der Waals surface area contributed by atoms with Crippen LogP contribution in [0.4, 0.5) is 5.95 Å². The maximum atomic E-state index is 11.0. The highest BCUT2D eigenvalue weighted by Crippen LogP contribution is 2.05. The third-order valence-electron chi connectivity index (χ3n) is 2.24. The average Bonchev–Trinajstić information content (AvgIpc) is 2.37. The van der Waals surface area contributed by atoms with E-state index in [4.69, 9.17) is 5.11 Å². The number of aromatic nitrogens is 3. The molecular formula is C11H10N4O3. The molecule has 0 spiro atoms. The molecule has 0 aliphatic carbocycles. The Bertz CT molecular complexity index is 606. The van der Waals surface area contributed by atoms with Crippen LogP contribution in [0.5, 0.6) is 0 Å². The lowest BCUT2D eigenvalue weighted by atomic mass is 10.1. The van der Waals surface area contributed by atoms with Gasteiger partial charge in [-0.1, -0.05) is 12.1 Å². The third-order valence-corrected chi connectivity index (χ3v) is 2.24. The number of aromatic amines is 1. The fourth-order valence-electron chi connectivity index (χ4n) is 1.34. The summed E-state index contributed by atoms with van der Waals surface area (Å²) in [6.07, 6.45) is 1.08. The van der Waals surface area contributed by atoms with E-state index in [2.05, 4.69) is 20.5 Å². The summed E-state index contributed by atoms with van der Waals surface area (Å²) in [6.45, 7) is 0.411. The Morgan fingerprint density at radius 3 is 2.67 bits per heavy atom. The number of H-pyrrole nitrogens is 1. The zero-order valence-corrected chi connectivity index (χ0v) is 9.25. The number of rotatable bonds is 4. The van der Waals surface area contributed by atoms with Crippen molar-refractivity contribution in [1.29, 1.82) is 0 Å². The molecular weight excluding hydrogens is 236 g/mol. The van der Waals surface area contributed by atoms with Crippen molar-refractivity contribution in [2.75, 3.05) is 5.32 Å². The monoisotopic (exact) mass is 246 g/mol. The standard InChI is InChI=1S/C11H10N4O3/c16-9-6-13-15-11(14-9)12-5-7-1-3-8(4-2-7)10(17)18/h1-4,6H,5H2,(H,17,18)(H2,12,14,15,16). The Balaban J connectivity index is 2.02. The highest BCUT2D eigenvalue weighted by molar-refractivity contribution is 5.87. The Labute approximate surface area is 102 Å². The molecule has 7 heteroatoms. The molecule has 18 heavy (non-hydrogen) atoms. The second-order valence-electron chi connectivity index (χ2n) is 3.54. The molecule has 1 aromatic carbocycles.